The number of rotatable bonds is 9. The van der Waals surface area contributed by atoms with Crippen LogP contribution in [0.3, 0.4) is 0 Å². The van der Waals surface area contributed by atoms with Gasteiger partial charge in [-0.3, -0.25) is 9.10 Å². The van der Waals surface area contributed by atoms with Gasteiger partial charge in [0.25, 0.3) is 15.9 Å². The number of benzene rings is 3. The smallest absolute Gasteiger partial charge is 0.264 e. The van der Waals surface area contributed by atoms with Crippen molar-refractivity contribution in [2.45, 2.75) is 30.8 Å². The fraction of sp³-hybridized carbons (Fsp3) is 0.208. The molecule has 0 aliphatic heterocycles. The summed E-state index contributed by atoms with van der Waals surface area (Å²) < 4.78 is 28.3. The van der Waals surface area contributed by atoms with Crippen LogP contribution in [0.1, 0.15) is 29.3 Å². The van der Waals surface area contributed by atoms with Crippen LogP contribution in [0.15, 0.2) is 89.8 Å². The van der Waals surface area contributed by atoms with Crippen LogP contribution >= 0.6 is 0 Å². The molecule has 0 aliphatic rings. The lowest BCUT2D eigenvalue weighted by molar-refractivity contribution is 0.0915. The lowest BCUT2D eigenvalue weighted by Gasteiger charge is -2.25. The van der Waals surface area contributed by atoms with E-state index in [1.165, 1.54) is 4.31 Å². The molecule has 0 aliphatic carbocycles. The van der Waals surface area contributed by atoms with Crippen LogP contribution in [0.5, 0.6) is 0 Å². The van der Waals surface area contributed by atoms with Crippen LogP contribution in [0.2, 0.25) is 0 Å². The Morgan fingerprint density at radius 2 is 1.61 bits per heavy atom. The van der Waals surface area contributed by atoms with Crippen LogP contribution < -0.4 is 9.62 Å². The molecule has 0 radical (unpaired) electrons. The van der Waals surface area contributed by atoms with Gasteiger partial charge < -0.3 is 10.4 Å². The molecule has 0 spiro atoms. The molecule has 0 aromatic heterocycles. The van der Waals surface area contributed by atoms with Crippen molar-refractivity contribution >= 4 is 21.6 Å². The highest BCUT2D eigenvalue weighted by atomic mass is 32.2. The van der Waals surface area contributed by atoms with E-state index in [-0.39, 0.29) is 30.0 Å². The van der Waals surface area contributed by atoms with E-state index >= 15 is 0 Å². The number of sulfonamides is 1. The second-order valence-electron chi connectivity index (χ2n) is 7.12. The van der Waals surface area contributed by atoms with E-state index in [1.807, 2.05) is 37.3 Å². The van der Waals surface area contributed by atoms with Crippen molar-refractivity contribution in [2.24, 2.45) is 0 Å². The molecule has 0 saturated carbocycles. The van der Waals surface area contributed by atoms with E-state index in [0.29, 0.717) is 17.7 Å². The Morgan fingerprint density at radius 3 is 2.23 bits per heavy atom. The molecule has 6 nitrogen and oxygen atoms in total. The number of amides is 1. The Kier molecular flexibility index (Phi) is 7.44. The maximum absolute atomic E-state index is 13.5. The van der Waals surface area contributed by atoms with Crippen LogP contribution in [-0.2, 0) is 16.6 Å². The van der Waals surface area contributed by atoms with Crippen molar-refractivity contribution in [3.63, 3.8) is 0 Å². The van der Waals surface area contributed by atoms with Gasteiger partial charge in [0.1, 0.15) is 0 Å². The number of hydrogen-bond acceptors (Lipinski definition) is 4. The van der Waals surface area contributed by atoms with Gasteiger partial charge in [-0.05, 0) is 42.3 Å². The lowest BCUT2D eigenvalue weighted by atomic mass is 10.1. The first-order valence-electron chi connectivity index (χ1n) is 10.1. The highest BCUT2D eigenvalue weighted by Gasteiger charge is 2.26. The fourth-order valence-electron chi connectivity index (χ4n) is 3.13. The van der Waals surface area contributed by atoms with Gasteiger partial charge in [-0.15, -0.1) is 0 Å². The molecule has 7 heteroatoms. The summed E-state index contributed by atoms with van der Waals surface area (Å²) in [7, 11) is -3.87. The van der Waals surface area contributed by atoms with Gasteiger partial charge in [0.15, 0.2) is 0 Å². The van der Waals surface area contributed by atoms with E-state index in [2.05, 4.69) is 5.32 Å². The zero-order valence-corrected chi connectivity index (χ0v) is 18.1. The van der Waals surface area contributed by atoms with E-state index < -0.39 is 10.0 Å². The average molecular weight is 439 g/mol. The van der Waals surface area contributed by atoms with Gasteiger partial charge in [-0.1, -0.05) is 61.5 Å². The molecule has 1 atom stereocenters. The molecule has 2 N–H and O–H groups in total. The normalized spacial score (nSPS) is 12.2. The summed E-state index contributed by atoms with van der Waals surface area (Å²) in [6.45, 7) is 1.83. The predicted octanol–water partition coefficient (Wildman–Crippen LogP) is 3.58. The fourth-order valence-corrected chi connectivity index (χ4v) is 4.60. The minimum atomic E-state index is -3.87. The Hall–Kier alpha value is -3.16. The molecule has 162 valence electrons. The van der Waals surface area contributed by atoms with Crippen molar-refractivity contribution < 1.29 is 18.3 Å². The number of hydrogen-bond donors (Lipinski definition) is 2. The third kappa shape index (κ3) is 5.51. The van der Waals surface area contributed by atoms with Gasteiger partial charge >= 0.3 is 0 Å². The number of nitrogens with zero attached hydrogens (tertiary/aromatic N) is 1. The Labute approximate surface area is 183 Å². The van der Waals surface area contributed by atoms with Gasteiger partial charge in [0.2, 0.25) is 0 Å². The zero-order chi connectivity index (χ0) is 22.3. The first kappa shape index (κ1) is 22.5. The average Bonchev–Trinajstić information content (AvgIpc) is 2.82. The Balaban J connectivity index is 2.01. The maximum atomic E-state index is 13.5. The quantitative estimate of drug-likeness (QED) is 0.535. The van der Waals surface area contributed by atoms with Crippen LogP contribution in [0.25, 0.3) is 0 Å². The van der Waals surface area contributed by atoms with Crippen molar-refractivity contribution in [1.29, 1.82) is 0 Å². The molecular weight excluding hydrogens is 412 g/mol. The van der Waals surface area contributed by atoms with Gasteiger partial charge in [-0.25, -0.2) is 8.42 Å². The third-order valence-corrected chi connectivity index (χ3v) is 6.73. The van der Waals surface area contributed by atoms with Crippen LogP contribution in [0.4, 0.5) is 5.69 Å². The predicted molar refractivity (Wildman–Crippen MR) is 121 cm³/mol. The van der Waals surface area contributed by atoms with E-state index in [0.717, 1.165) is 5.56 Å². The summed E-state index contributed by atoms with van der Waals surface area (Å²) in [4.78, 5) is 12.8. The monoisotopic (exact) mass is 438 g/mol. The minimum Gasteiger partial charge on any atom is -0.394 e. The molecule has 31 heavy (non-hydrogen) atoms. The summed E-state index contributed by atoms with van der Waals surface area (Å²) >= 11 is 0. The highest BCUT2D eigenvalue weighted by molar-refractivity contribution is 7.92. The van der Waals surface area contributed by atoms with Gasteiger partial charge in [0, 0.05) is 5.56 Å². The molecule has 3 aromatic carbocycles. The molecule has 1 unspecified atom stereocenters. The number of carbonyl (C=O) groups is 1. The maximum Gasteiger partial charge on any atom is 0.264 e. The molecule has 0 saturated heterocycles. The molecule has 3 aromatic rings. The van der Waals surface area contributed by atoms with Crippen molar-refractivity contribution in [3.8, 4) is 0 Å². The summed E-state index contributed by atoms with van der Waals surface area (Å²) in [5, 5.41) is 12.1. The highest BCUT2D eigenvalue weighted by Crippen LogP contribution is 2.27. The number of carbonyl (C=O) groups excluding carboxylic acids is 1. The molecule has 0 bridgehead atoms. The summed E-state index contributed by atoms with van der Waals surface area (Å²) in [5.74, 6) is -0.362. The Bertz CT molecular complexity index is 1100. The number of anilines is 1. The lowest BCUT2D eigenvalue weighted by Crippen LogP contribution is -2.37. The first-order chi connectivity index (χ1) is 15.0. The third-order valence-electron chi connectivity index (χ3n) is 4.94. The van der Waals surface area contributed by atoms with Gasteiger partial charge in [0.05, 0.1) is 29.8 Å². The van der Waals surface area contributed by atoms with Gasteiger partial charge in [-0.2, -0.15) is 0 Å². The molecule has 1 amide bonds. The van der Waals surface area contributed by atoms with E-state index in [4.69, 9.17) is 0 Å². The van der Waals surface area contributed by atoms with E-state index in [9.17, 15) is 18.3 Å². The number of aliphatic hydroxyl groups is 1. The SMILES string of the molecule is CCC(CO)NC(=O)c1cccc(N(Cc2ccccc2)S(=O)(=O)c2ccccc2)c1. The van der Waals surface area contributed by atoms with Crippen molar-refractivity contribution in [1.82, 2.24) is 5.32 Å². The summed E-state index contributed by atoms with van der Waals surface area (Å²) in [5.41, 5.74) is 1.53. The number of nitrogens with one attached hydrogen (secondary N) is 1. The molecular formula is C24H26N2O4S. The number of aliphatic hydroxyl groups excluding tert-OH is 1. The van der Waals surface area contributed by atoms with Crippen molar-refractivity contribution in [2.75, 3.05) is 10.9 Å². The Morgan fingerprint density at radius 1 is 0.968 bits per heavy atom. The second kappa shape index (κ2) is 10.2. The van der Waals surface area contributed by atoms with E-state index in [1.54, 1.807) is 54.6 Å². The molecule has 3 rings (SSSR count). The zero-order valence-electron chi connectivity index (χ0n) is 17.3. The molecule has 0 heterocycles. The first-order valence-corrected chi connectivity index (χ1v) is 11.5. The standard InChI is InChI=1S/C24H26N2O4S/c1-2-21(18-27)25-24(28)20-12-9-13-22(16-20)26(17-19-10-5-3-6-11-19)31(29,30)23-14-7-4-8-15-23/h3-16,21,27H,2,17-18H2,1H3,(H,25,28). The molecule has 0 fully saturated rings. The summed E-state index contributed by atoms with van der Waals surface area (Å²) in [6.07, 6.45) is 0.588. The summed E-state index contributed by atoms with van der Waals surface area (Å²) in [6, 6.07) is 23.7. The second-order valence-corrected chi connectivity index (χ2v) is 8.98. The topological polar surface area (TPSA) is 86.7 Å². The van der Waals surface area contributed by atoms with Crippen LogP contribution in [0, 0.1) is 0 Å². The van der Waals surface area contributed by atoms with Crippen molar-refractivity contribution in [3.05, 3.63) is 96.1 Å². The minimum absolute atomic E-state index is 0.122. The van der Waals surface area contributed by atoms with Crippen LogP contribution in [-0.4, -0.2) is 32.1 Å². The largest absolute Gasteiger partial charge is 0.394 e.